The van der Waals surface area contributed by atoms with E-state index in [4.69, 9.17) is 14.2 Å². The van der Waals surface area contributed by atoms with Gasteiger partial charge in [-0.05, 0) is 64.2 Å². The van der Waals surface area contributed by atoms with Crippen LogP contribution in [0, 0.1) is 0 Å². The first-order valence-electron chi connectivity index (χ1n) is 27.8. The lowest BCUT2D eigenvalue weighted by Crippen LogP contribution is -2.30. The Balaban J connectivity index is 4.41. The van der Waals surface area contributed by atoms with Crippen molar-refractivity contribution in [3.05, 3.63) is 60.8 Å². The lowest BCUT2D eigenvalue weighted by atomic mass is 10.0. The summed E-state index contributed by atoms with van der Waals surface area (Å²) in [5, 5.41) is 0. The Labute approximate surface area is 402 Å². The Kier molecular flexibility index (Phi) is 51.3. The summed E-state index contributed by atoms with van der Waals surface area (Å²) in [5.41, 5.74) is 0. The summed E-state index contributed by atoms with van der Waals surface area (Å²) < 4.78 is 16.8. The number of ether oxygens (including phenoxy) is 3. The standard InChI is InChI=1S/C59H104O6/c1-4-7-10-13-16-19-22-25-27-28-29-30-32-34-37-40-43-46-49-52-58(61)64-55-56(54-63-57(60)51-48-45-42-39-36-33-24-21-18-15-12-9-6-3)65-59(62)53-50-47-44-41-38-35-31-26-23-20-17-14-11-8-5-2/h7,10,16,19,25,27,29-30,34,37,56H,4-6,8-9,11-15,17-18,20-24,26,28,31-33,35-36,38-55H2,1-3H3/b10-7-,19-16-,27-25-,30-29-,37-34-/t56-/m0/s1. The van der Waals surface area contributed by atoms with Crippen molar-refractivity contribution in [2.75, 3.05) is 13.2 Å². The van der Waals surface area contributed by atoms with Crippen molar-refractivity contribution >= 4 is 17.9 Å². The van der Waals surface area contributed by atoms with Crippen molar-refractivity contribution in [1.29, 1.82) is 0 Å². The van der Waals surface area contributed by atoms with E-state index in [0.29, 0.717) is 19.3 Å². The number of rotatable bonds is 50. The van der Waals surface area contributed by atoms with Gasteiger partial charge in [0.2, 0.25) is 0 Å². The van der Waals surface area contributed by atoms with Crippen molar-refractivity contribution in [3.63, 3.8) is 0 Å². The van der Waals surface area contributed by atoms with E-state index in [9.17, 15) is 14.4 Å². The Morgan fingerprint density at radius 1 is 0.323 bits per heavy atom. The normalized spacial score (nSPS) is 12.5. The van der Waals surface area contributed by atoms with Crippen molar-refractivity contribution < 1.29 is 28.6 Å². The zero-order chi connectivity index (χ0) is 47.2. The summed E-state index contributed by atoms with van der Waals surface area (Å²) >= 11 is 0. The molecule has 1 atom stereocenters. The van der Waals surface area contributed by atoms with Gasteiger partial charge in [0.25, 0.3) is 0 Å². The molecule has 65 heavy (non-hydrogen) atoms. The summed E-state index contributed by atoms with van der Waals surface area (Å²) in [4.78, 5) is 38.1. The molecule has 6 nitrogen and oxygen atoms in total. The third-order valence-corrected chi connectivity index (χ3v) is 12.0. The van der Waals surface area contributed by atoms with E-state index in [1.807, 2.05) is 0 Å². The number of hydrogen-bond acceptors (Lipinski definition) is 6. The molecule has 0 aliphatic heterocycles. The molecule has 0 N–H and O–H groups in total. The molecule has 0 heterocycles. The predicted molar refractivity (Wildman–Crippen MR) is 279 cm³/mol. The molecule has 0 fully saturated rings. The number of unbranched alkanes of at least 4 members (excludes halogenated alkanes) is 29. The topological polar surface area (TPSA) is 78.9 Å². The smallest absolute Gasteiger partial charge is 0.306 e. The first-order valence-corrected chi connectivity index (χ1v) is 27.8. The van der Waals surface area contributed by atoms with Crippen LogP contribution in [0.25, 0.3) is 0 Å². The maximum atomic E-state index is 12.8. The Morgan fingerprint density at radius 2 is 0.600 bits per heavy atom. The molecule has 0 saturated heterocycles. The van der Waals surface area contributed by atoms with E-state index in [1.165, 1.54) is 141 Å². The van der Waals surface area contributed by atoms with E-state index in [1.54, 1.807) is 0 Å². The average Bonchev–Trinajstić information content (AvgIpc) is 3.30. The second-order valence-electron chi connectivity index (χ2n) is 18.5. The minimum atomic E-state index is -0.784. The molecule has 0 amide bonds. The molecule has 0 unspecified atom stereocenters. The molecule has 0 spiro atoms. The highest BCUT2D eigenvalue weighted by Crippen LogP contribution is 2.16. The lowest BCUT2D eigenvalue weighted by Gasteiger charge is -2.18. The summed E-state index contributed by atoms with van der Waals surface area (Å²) in [6, 6.07) is 0. The molecule has 0 bridgehead atoms. The number of esters is 3. The fraction of sp³-hybridized carbons (Fsp3) is 0.780. The maximum Gasteiger partial charge on any atom is 0.306 e. The van der Waals surface area contributed by atoms with Crippen LogP contribution in [0.4, 0.5) is 0 Å². The highest BCUT2D eigenvalue weighted by molar-refractivity contribution is 5.71. The fourth-order valence-corrected chi connectivity index (χ4v) is 7.88. The van der Waals surface area contributed by atoms with Gasteiger partial charge in [0.05, 0.1) is 0 Å². The van der Waals surface area contributed by atoms with Crippen LogP contribution in [0.1, 0.15) is 278 Å². The highest BCUT2D eigenvalue weighted by Gasteiger charge is 2.19. The van der Waals surface area contributed by atoms with Crippen LogP contribution in [0.3, 0.4) is 0 Å². The van der Waals surface area contributed by atoms with Crippen LogP contribution < -0.4 is 0 Å². The highest BCUT2D eigenvalue weighted by atomic mass is 16.6. The van der Waals surface area contributed by atoms with Crippen molar-refractivity contribution in [2.45, 2.75) is 284 Å². The molecule has 6 heteroatoms. The van der Waals surface area contributed by atoms with Gasteiger partial charge in [0, 0.05) is 19.3 Å². The van der Waals surface area contributed by atoms with Crippen LogP contribution in [0.2, 0.25) is 0 Å². The van der Waals surface area contributed by atoms with Crippen LogP contribution in [-0.4, -0.2) is 37.2 Å². The summed E-state index contributed by atoms with van der Waals surface area (Å²) in [5.74, 6) is -0.902. The molecule has 0 aromatic heterocycles. The van der Waals surface area contributed by atoms with Crippen molar-refractivity contribution in [1.82, 2.24) is 0 Å². The zero-order valence-corrected chi connectivity index (χ0v) is 43.0. The van der Waals surface area contributed by atoms with Gasteiger partial charge in [-0.25, -0.2) is 0 Å². The van der Waals surface area contributed by atoms with Crippen molar-refractivity contribution in [2.24, 2.45) is 0 Å². The molecule has 0 aliphatic carbocycles. The van der Waals surface area contributed by atoms with Crippen LogP contribution in [0.15, 0.2) is 60.8 Å². The molecular formula is C59H104O6. The van der Waals surface area contributed by atoms with Gasteiger partial charge < -0.3 is 14.2 Å². The minimum absolute atomic E-state index is 0.0809. The van der Waals surface area contributed by atoms with E-state index in [2.05, 4.69) is 81.5 Å². The second kappa shape index (κ2) is 53.7. The molecule has 0 saturated carbocycles. The van der Waals surface area contributed by atoms with Crippen molar-refractivity contribution in [3.8, 4) is 0 Å². The van der Waals surface area contributed by atoms with E-state index < -0.39 is 6.10 Å². The predicted octanol–water partition coefficient (Wildman–Crippen LogP) is 18.4. The largest absolute Gasteiger partial charge is 0.462 e. The summed E-state index contributed by atoms with van der Waals surface area (Å²) in [7, 11) is 0. The molecule has 0 rings (SSSR count). The Morgan fingerprint density at radius 3 is 0.938 bits per heavy atom. The minimum Gasteiger partial charge on any atom is -0.462 e. The van der Waals surface area contributed by atoms with Gasteiger partial charge in [-0.3, -0.25) is 14.4 Å². The van der Waals surface area contributed by atoms with Gasteiger partial charge in [0.1, 0.15) is 13.2 Å². The molecule has 0 radical (unpaired) electrons. The number of carbonyl (C=O) groups is 3. The van der Waals surface area contributed by atoms with E-state index in [-0.39, 0.29) is 31.1 Å². The molecule has 0 aromatic carbocycles. The first kappa shape index (κ1) is 62.1. The number of allylic oxidation sites excluding steroid dienone is 10. The molecule has 0 aliphatic rings. The number of hydrogen-bond donors (Lipinski definition) is 0. The fourth-order valence-electron chi connectivity index (χ4n) is 7.88. The van der Waals surface area contributed by atoms with E-state index in [0.717, 1.165) is 96.3 Å². The van der Waals surface area contributed by atoms with Crippen LogP contribution in [-0.2, 0) is 28.6 Å². The third-order valence-electron chi connectivity index (χ3n) is 12.0. The van der Waals surface area contributed by atoms with Gasteiger partial charge in [-0.15, -0.1) is 0 Å². The molecular weight excluding hydrogens is 805 g/mol. The maximum absolute atomic E-state index is 12.8. The second-order valence-corrected chi connectivity index (χ2v) is 18.5. The third kappa shape index (κ3) is 51.9. The lowest BCUT2D eigenvalue weighted by molar-refractivity contribution is -0.167. The van der Waals surface area contributed by atoms with Gasteiger partial charge in [-0.1, -0.05) is 255 Å². The molecule has 0 aromatic rings. The number of carbonyl (C=O) groups excluding carboxylic acids is 3. The van der Waals surface area contributed by atoms with Gasteiger partial charge in [-0.2, -0.15) is 0 Å². The quantitative estimate of drug-likeness (QED) is 0.0262. The monoisotopic (exact) mass is 909 g/mol. The van der Waals surface area contributed by atoms with Gasteiger partial charge in [0.15, 0.2) is 6.10 Å². The molecule has 376 valence electrons. The summed E-state index contributed by atoms with van der Waals surface area (Å²) in [6.45, 7) is 6.52. The zero-order valence-electron chi connectivity index (χ0n) is 43.0. The summed E-state index contributed by atoms with van der Waals surface area (Å²) in [6.07, 6.45) is 66.3. The van der Waals surface area contributed by atoms with Crippen LogP contribution >= 0.6 is 0 Å². The SMILES string of the molecule is CC/C=C\C/C=C\C/C=C\C/C=C\C/C=C\CCCCCC(=O)OC[C@H](COC(=O)CCCCCCCCCCCCCCC)OC(=O)CCCCCCCCCCCCCCCCC. The Hall–Kier alpha value is -2.89. The van der Waals surface area contributed by atoms with Gasteiger partial charge >= 0.3 is 17.9 Å². The first-order chi connectivity index (χ1) is 32.0. The average molecular weight is 909 g/mol. The Bertz CT molecular complexity index is 1180. The van der Waals surface area contributed by atoms with E-state index >= 15 is 0 Å². The van der Waals surface area contributed by atoms with Crippen LogP contribution in [0.5, 0.6) is 0 Å².